The second-order valence-electron chi connectivity index (χ2n) is 5.95. The zero-order chi connectivity index (χ0) is 15.2. The van der Waals surface area contributed by atoms with E-state index in [0.717, 1.165) is 38.8 Å². The number of guanidine groups is 1. The van der Waals surface area contributed by atoms with Gasteiger partial charge >= 0.3 is 0 Å². The summed E-state index contributed by atoms with van der Waals surface area (Å²) in [5.74, 6) is 0.914. The maximum atomic E-state index is 5.50. The maximum absolute atomic E-state index is 5.50. The first-order chi connectivity index (χ1) is 10.9. The Hall–Kier alpha value is -1.59. The van der Waals surface area contributed by atoms with E-state index in [0.29, 0.717) is 12.1 Å². The molecule has 3 rings (SSSR count). The van der Waals surface area contributed by atoms with E-state index in [1.807, 2.05) is 7.05 Å². The summed E-state index contributed by atoms with van der Waals surface area (Å²) in [4.78, 5) is 6.83. The van der Waals surface area contributed by atoms with E-state index in [9.17, 15) is 0 Å². The molecule has 1 saturated heterocycles. The molecule has 120 valence electrons. The summed E-state index contributed by atoms with van der Waals surface area (Å²) in [6, 6.07) is 11.7. The predicted octanol–water partition coefficient (Wildman–Crippen LogP) is 1.39. The van der Waals surface area contributed by atoms with Crippen LogP contribution in [0.4, 0.5) is 0 Å². The Bertz CT molecular complexity index is 481. The molecule has 2 fully saturated rings. The molecule has 0 spiro atoms. The van der Waals surface area contributed by atoms with Crippen molar-refractivity contribution >= 4 is 5.96 Å². The Balaban J connectivity index is 1.64. The largest absolute Gasteiger partial charge is 0.379 e. The lowest BCUT2D eigenvalue weighted by molar-refractivity contribution is 0.0170. The molecule has 0 radical (unpaired) electrons. The van der Waals surface area contributed by atoms with E-state index >= 15 is 0 Å². The normalized spacial score (nSPS) is 21.4. The zero-order valence-electron chi connectivity index (χ0n) is 13.3. The van der Waals surface area contributed by atoms with Gasteiger partial charge in [-0.1, -0.05) is 30.3 Å². The van der Waals surface area contributed by atoms with E-state index in [1.165, 1.54) is 18.4 Å². The summed E-state index contributed by atoms with van der Waals surface area (Å²) in [7, 11) is 1.84. The molecule has 0 bridgehead atoms. The minimum Gasteiger partial charge on any atom is -0.379 e. The molecule has 5 nitrogen and oxygen atoms in total. The van der Waals surface area contributed by atoms with Crippen LogP contribution in [-0.2, 0) is 4.74 Å². The highest BCUT2D eigenvalue weighted by Gasteiger charge is 2.25. The Morgan fingerprint density at radius 3 is 2.64 bits per heavy atom. The Labute approximate surface area is 132 Å². The van der Waals surface area contributed by atoms with Gasteiger partial charge in [-0.15, -0.1) is 0 Å². The van der Waals surface area contributed by atoms with Gasteiger partial charge in [-0.05, 0) is 18.4 Å². The first-order valence-electron chi connectivity index (χ1n) is 8.21. The van der Waals surface area contributed by atoms with Crippen molar-refractivity contribution in [2.75, 3.05) is 39.9 Å². The fourth-order valence-electron chi connectivity index (χ4n) is 2.83. The summed E-state index contributed by atoms with van der Waals surface area (Å²) in [5.41, 5.74) is 1.35. The average Bonchev–Trinajstić information content (AvgIpc) is 3.40. The lowest BCUT2D eigenvalue weighted by atomic mass is 10.0. The number of nitrogens with zero attached hydrogens (tertiary/aromatic N) is 2. The van der Waals surface area contributed by atoms with Crippen LogP contribution in [0, 0.1) is 0 Å². The molecular formula is C17H26N4O. The van der Waals surface area contributed by atoms with Crippen molar-refractivity contribution in [1.29, 1.82) is 0 Å². The SMILES string of the molecule is CN=C(NCC(c1ccccc1)N1CCOCC1)NC1CC1. The number of benzene rings is 1. The van der Waals surface area contributed by atoms with Crippen LogP contribution in [0.25, 0.3) is 0 Å². The summed E-state index contributed by atoms with van der Waals surface area (Å²) in [5, 5.41) is 6.94. The van der Waals surface area contributed by atoms with Crippen molar-refractivity contribution in [3.05, 3.63) is 35.9 Å². The van der Waals surface area contributed by atoms with Crippen molar-refractivity contribution in [3.63, 3.8) is 0 Å². The number of ether oxygens (including phenoxy) is 1. The van der Waals surface area contributed by atoms with Gasteiger partial charge in [0.25, 0.3) is 0 Å². The van der Waals surface area contributed by atoms with Crippen LogP contribution in [0.2, 0.25) is 0 Å². The Kier molecular flexibility index (Phi) is 5.29. The van der Waals surface area contributed by atoms with Gasteiger partial charge < -0.3 is 15.4 Å². The number of hydrogen-bond acceptors (Lipinski definition) is 3. The number of aliphatic imine (C=N–C) groups is 1. The van der Waals surface area contributed by atoms with Gasteiger partial charge in [0.05, 0.1) is 19.3 Å². The van der Waals surface area contributed by atoms with Gasteiger partial charge in [0.1, 0.15) is 0 Å². The van der Waals surface area contributed by atoms with Crippen molar-refractivity contribution in [2.24, 2.45) is 4.99 Å². The molecule has 2 N–H and O–H groups in total. The molecule has 1 heterocycles. The third-order valence-electron chi connectivity index (χ3n) is 4.28. The van der Waals surface area contributed by atoms with E-state index in [2.05, 4.69) is 50.9 Å². The van der Waals surface area contributed by atoms with Crippen LogP contribution in [0.15, 0.2) is 35.3 Å². The monoisotopic (exact) mass is 302 g/mol. The minimum atomic E-state index is 0.350. The predicted molar refractivity (Wildman–Crippen MR) is 89.1 cm³/mol. The molecule has 1 atom stereocenters. The van der Waals surface area contributed by atoms with Crippen LogP contribution in [0.1, 0.15) is 24.4 Å². The van der Waals surface area contributed by atoms with E-state index in [1.54, 1.807) is 0 Å². The molecule has 0 aromatic heterocycles. The minimum absolute atomic E-state index is 0.350. The molecule has 1 aliphatic heterocycles. The highest BCUT2D eigenvalue weighted by atomic mass is 16.5. The number of nitrogens with one attached hydrogen (secondary N) is 2. The number of morpholine rings is 1. The van der Waals surface area contributed by atoms with Gasteiger partial charge in [0.15, 0.2) is 5.96 Å². The summed E-state index contributed by atoms with van der Waals surface area (Å²) >= 11 is 0. The maximum Gasteiger partial charge on any atom is 0.191 e. The lowest BCUT2D eigenvalue weighted by Gasteiger charge is -2.35. The van der Waals surface area contributed by atoms with Gasteiger partial charge in [-0.3, -0.25) is 9.89 Å². The quantitative estimate of drug-likeness (QED) is 0.637. The molecule has 1 aliphatic carbocycles. The Morgan fingerprint density at radius 1 is 1.27 bits per heavy atom. The summed E-state index contributed by atoms with van der Waals surface area (Å²) < 4.78 is 5.50. The molecule has 2 aliphatic rings. The third-order valence-corrected chi connectivity index (χ3v) is 4.28. The van der Waals surface area contributed by atoms with Crippen LogP contribution >= 0.6 is 0 Å². The van der Waals surface area contributed by atoms with Gasteiger partial charge in [-0.25, -0.2) is 0 Å². The molecule has 1 aromatic rings. The van der Waals surface area contributed by atoms with Crippen molar-refractivity contribution in [2.45, 2.75) is 24.9 Å². The Morgan fingerprint density at radius 2 is 2.00 bits per heavy atom. The molecule has 0 amide bonds. The fraction of sp³-hybridized carbons (Fsp3) is 0.588. The van der Waals surface area contributed by atoms with Gasteiger partial charge in [0, 0.05) is 32.7 Å². The molecule has 1 unspecified atom stereocenters. The second-order valence-corrected chi connectivity index (χ2v) is 5.95. The van der Waals surface area contributed by atoms with E-state index in [-0.39, 0.29) is 0 Å². The number of hydrogen-bond donors (Lipinski definition) is 2. The fourth-order valence-corrected chi connectivity index (χ4v) is 2.83. The van der Waals surface area contributed by atoms with Crippen molar-refractivity contribution in [3.8, 4) is 0 Å². The van der Waals surface area contributed by atoms with Crippen molar-refractivity contribution in [1.82, 2.24) is 15.5 Å². The first-order valence-corrected chi connectivity index (χ1v) is 8.21. The van der Waals surface area contributed by atoms with Gasteiger partial charge in [-0.2, -0.15) is 0 Å². The summed E-state index contributed by atoms with van der Waals surface area (Å²) in [6.45, 7) is 4.46. The van der Waals surface area contributed by atoms with Gasteiger partial charge in [0.2, 0.25) is 0 Å². The van der Waals surface area contributed by atoms with E-state index in [4.69, 9.17) is 4.74 Å². The van der Waals surface area contributed by atoms with Crippen LogP contribution < -0.4 is 10.6 Å². The molecule has 1 aromatic carbocycles. The zero-order valence-corrected chi connectivity index (χ0v) is 13.3. The third kappa shape index (κ3) is 4.21. The first kappa shape index (κ1) is 15.3. The highest BCUT2D eigenvalue weighted by molar-refractivity contribution is 5.80. The van der Waals surface area contributed by atoms with Crippen LogP contribution in [-0.4, -0.2) is 56.8 Å². The second kappa shape index (κ2) is 7.61. The topological polar surface area (TPSA) is 48.9 Å². The summed E-state index contributed by atoms with van der Waals surface area (Å²) in [6.07, 6.45) is 2.51. The van der Waals surface area contributed by atoms with Crippen LogP contribution in [0.3, 0.4) is 0 Å². The lowest BCUT2D eigenvalue weighted by Crippen LogP contribution is -2.46. The van der Waals surface area contributed by atoms with Crippen molar-refractivity contribution < 1.29 is 4.74 Å². The van der Waals surface area contributed by atoms with E-state index < -0.39 is 0 Å². The smallest absolute Gasteiger partial charge is 0.191 e. The standard InChI is InChI=1S/C17H26N4O/c1-18-17(20-15-7-8-15)19-13-16(14-5-3-2-4-6-14)21-9-11-22-12-10-21/h2-6,15-16H,7-13H2,1H3,(H2,18,19,20). The molecular weight excluding hydrogens is 276 g/mol. The van der Waals surface area contributed by atoms with Crippen LogP contribution in [0.5, 0.6) is 0 Å². The molecule has 5 heteroatoms. The number of rotatable bonds is 5. The average molecular weight is 302 g/mol. The highest BCUT2D eigenvalue weighted by Crippen LogP contribution is 2.21. The molecule has 22 heavy (non-hydrogen) atoms. The molecule has 1 saturated carbocycles.